The largest absolute Gasteiger partial charge is 0.491 e. The fourth-order valence-corrected chi connectivity index (χ4v) is 4.47. The molecule has 0 atom stereocenters. The van der Waals surface area contributed by atoms with Crippen LogP contribution >= 0.6 is 0 Å². The van der Waals surface area contributed by atoms with E-state index in [-0.39, 0.29) is 5.82 Å². The van der Waals surface area contributed by atoms with E-state index in [0.717, 1.165) is 24.3 Å². The van der Waals surface area contributed by atoms with Gasteiger partial charge in [0.2, 0.25) is 0 Å². The van der Waals surface area contributed by atoms with Gasteiger partial charge in [-0.05, 0) is 79.8 Å². The molecule has 1 fully saturated rings. The first-order chi connectivity index (χ1) is 15.2. The van der Waals surface area contributed by atoms with Crippen molar-refractivity contribution in [2.75, 3.05) is 6.61 Å². The number of rotatable bonds is 9. The predicted octanol–water partition coefficient (Wildman–Crippen LogP) is 8.26. The topological polar surface area (TPSA) is 9.23 Å². The van der Waals surface area contributed by atoms with E-state index in [1.165, 1.54) is 63.0 Å². The Bertz CT molecular complexity index is 851. The molecule has 1 nitrogen and oxygen atoms in total. The van der Waals surface area contributed by atoms with Gasteiger partial charge in [-0.15, -0.1) is 0 Å². The van der Waals surface area contributed by atoms with Crippen molar-refractivity contribution in [3.63, 3.8) is 0 Å². The average Bonchev–Trinajstić information content (AvgIpc) is 2.80. The molecule has 0 spiro atoms. The lowest BCUT2D eigenvalue weighted by Crippen LogP contribution is -2.13. The maximum Gasteiger partial charge on any atom is 0.166 e. The van der Waals surface area contributed by atoms with Crippen LogP contribution in [-0.2, 0) is 0 Å². The summed E-state index contributed by atoms with van der Waals surface area (Å²) >= 11 is 0. The Labute approximate surface area is 188 Å². The van der Waals surface area contributed by atoms with E-state index >= 15 is 0 Å². The summed E-state index contributed by atoms with van der Waals surface area (Å²) in [7, 11) is 0. The summed E-state index contributed by atoms with van der Waals surface area (Å²) in [6.45, 7) is 4.92. The summed E-state index contributed by atoms with van der Waals surface area (Å²) in [6.07, 6.45) is 12.9. The van der Waals surface area contributed by atoms with Crippen LogP contribution in [0, 0.1) is 23.6 Å². The predicted molar refractivity (Wildman–Crippen MR) is 128 cm³/mol. The number of halogens is 1. The number of benzene rings is 2. The van der Waals surface area contributed by atoms with Crippen molar-refractivity contribution in [2.45, 2.75) is 84.0 Å². The summed E-state index contributed by atoms with van der Waals surface area (Å²) in [5.41, 5.74) is 3.09. The van der Waals surface area contributed by atoms with Crippen LogP contribution in [0.4, 0.5) is 4.39 Å². The Morgan fingerprint density at radius 1 is 0.839 bits per heavy atom. The number of ether oxygens (including phenoxy) is 1. The van der Waals surface area contributed by atoms with Gasteiger partial charge in [0.15, 0.2) is 11.6 Å². The lowest BCUT2D eigenvalue weighted by molar-refractivity contribution is 0.294. The molecule has 0 unspecified atom stereocenters. The van der Waals surface area contributed by atoms with Crippen LogP contribution in [0.2, 0.25) is 0 Å². The maximum atomic E-state index is 14.2. The van der Waals surface area contributed by atoms with Gasteiger partial charge < -0.3 is 4.74 Å². The summed E-state index contributed by atoms with van der Waals surface area (Å²) in [6, 6.07) is 13.6. The summed E-state index contributed by atoms with van der Waals surface area (Å²) in [5, 5.41) is 0. The highest BCUT2D eigenvalue weighted by molar-refractivity contribution is 5.45. The van der Waals surface area contributed by atoms with Crippen LogP contribution < -0.4 is 4.74 Å². The molecule has 1 aliphatic rings. The highest BCUT2D eigenvalue weighted by Crippen LogP contribution is 2.37. The molecule has 3 rings (SSSR count). The molecule has 0 amide bonds. The summed E-state index contributed by atoms with van der Waals surface area (Å²) in [4.78, 5) is 0. The Morgan fingerprint density at radius 3 is 2.19 bits per heavy atom. The van der Waals surface area contributed by atoms with Crippen molar-refractivity contribution in [3.05, 3.63) is 65.0 Å². The number of unbranched alkanes of at least 4 members (excludes halogenated alkanes) is 3. The minimum absolute atomic E-state index is 0.309. The third kappa shape index (κ3) is 7.42. The SMILES string of the molecule is CCCCCC1CCC(c2ccc(C#Cc3ccc(OCCCC)c(F)c3)cc2)CC1. The Morgan fingerprint density at radius 2 is 1.52 bits per heavy atom. The van der Waals surface area contributed by atoms with Gasteiger partial charge in [-0.2, -0.15) is 0 Å². The Hall–Kier alpha value is -2.27. The van der Waals surface area contributed by atoms with Crippen LogP contribution in [0.5, 0.6) is 5.75 Å². The third-order valence-electron chi connectivity index (χ3n) is 6.48. The normalized spacial score (nSPS) is 18.3. The van der Waals surface area contributed by atoms with E-state index < -0.39 is 0 Å². The van der Waals surface area contributed by atoms with Crippen LogP contribution in [0.1, 0.15) is 101 Å². The molecule has 1 saturated carbocycles. The van der Waals surface area contributed by atoms with Crippen molar-refractivity contribution >= 4 is 0 Å². The summed E-state index contributed by atoms with van der Waals surface area (Å²) < 4.78 is 19.7. The third-order valence-corrected chi connectivity index (χ3v) is 6.48. The van der Waals surface area contributed by atoms with Gasteiger partial charge in [0.1, 0.15) is 0 Å². The molecule has 166 valence electrons. The molecule has 0 bridgehead atoms. The van der Waals surface area contributed by atoms with Crippen molar-refractivity contribution in [1.29, 1.82) is 0 Å². The monoisotopic (exact) mass is 420 g/mol. The molecule has 0 saturated heterocycles. The summed E-state index contributed by atoms with van der Waals surface area (Å²) in [5.74, 6) is 7.85. The van der Waals surface area contributed by atoms with Crippen LogP contribution in [0.3, 0.4) is 0 Å². The average molecular weight is 421 g/mol. The molecule has 0 aromatic heterocycles. The Kier molecular flexibility index (Phi) is 9.47. The van der Waals surface area contributed by atoms with Gasteiger partial charge in [0.05, 0.1) is 6.61 Å². The molecular formula is C29H37FO. The van der Waals surface area contributed by atoms with Crippen molar-refractivity contribution in [2.24, 2.45) is 5.92 Å². The lowest BCUT2D eigenvalue weighted by atomic mass is 9.77. The molecule has 1 aliphatic carbocycles. The Balaban J connectivity index is 1.52. The van der Waals surface area contributed by atoms with E-state index in [4.69, 9.17) is 4.74 Å². The highest BCUT2D eigenvalue weighted by Gasteiger charge is 2.21. The lowest BCUT2D eigenvalue weighted by Gasteiger charge is -2.29. The van der Waals surface area contributed by atoms with Crippen LogP contribution in [0.15, 0.2) is 42.5 Å². The van der Waals surface area contributed by atoms with E-state index in [0.29, 0.717) is 23.8 Å². The fourth-order valence-electron chi connectivity index (χ4n) is 4.47. The van der Waals surface area contributed by atoms with E-state index in [2.05, 4.69) is 50.0 Å². The minimum Gasteiger partial charge on any atom is -0.491 e. The van der Waals surface area contributed by atoms with Gasteiger partial charge in [-0.25, -0.2) is 4.39 Å². The smallest absolute Gasteiger partial charge is 0.166 e. The van der Waals surface area contributed by atoms with E-state index in [1.807, 2.05) is 6.07 Å². The van der Waals surface area contributed by atoms with Gasteiger partial charge in [-0.3, -0.25) is 0 Å². The molecule has 0 heterocycles. The highest BCUT2D eigenvalue weighted by atomic mass is 19.1. The second kappa shape index (κ2) is 12.6. The van der Waals surface area contributed by atoms with Gasteiger partial charge in [0, 0.05) is 11.1 Å². The second-order valence-corrected chi connectivity index (χ2v) is 8.93. The molecule has 31 heavy (non-hydrogen) atoms. The van der Waals surface area contributed by atoms with Crippen LogP contribution in [-0.4, -0.2) is 6.61 Å². The molecule has 0 N–H and O–H groups in total. The van der Waals surface area contributed by atoms with Crippen molar-refractivity contribution in [1.82, 2.24) is 0 Å². The van der Waals surface area contributed by atoms with Crippen molar-refractivity contribution in [3.8, 4) is 17.6 Å². The zero-order valence-electron chi connectivity index (χ0n) is 19.3. The van der Waals surface area contributed by atoms with Crippen LogP contribution in [0.25, 0.3) is 0 Å². The van der Waals surface area contributed by atoms with Gasteiger partial charge >= 0.3 is 0 Å². The first kappa shape index (κ1) is 23.4. The second-order valence-electron chi connectivity index (χ2n) is 8.93. The molecule has 0 radical (unpaired) electrons. The van der Waals surface area contributed by atoms with Gasteiger partial charge in [-0.1, -0.05) is 69.9 Å². The van der Waals surface area contributed by atoms with Gasteiger partial charge in [0.25, 0.3) is 0 Å². The number of hydrogen-bond donors (Lipinski definition) is 0. The molecular weight excluding hydrogens is 383 g/mol. The molecule has 2 aromatic carbocycles. The van der Waals surface area contributed by atoms with E-state index in [1.54, 1.807) is 6.07 Å². The fraction of sp³-hybridized carbons (Fsp3) is 0.517. The molecule has 2 aromatic rings. The van der Waals surface area contributed by atoms with E-state index in [9.17, 15) is 4.39 Å². The zero-order chi connectivity index (χ0) is 21.9. The zero-order valence-corrected chi connectivity index (χ0v) is 19.3. The maximum absolute atomic E-state index is 14.2. The number of hydrogen-bond acceptors (Lipinski definition) is 1. The standard InChI is InChI=1S/C29H37FO/c1-3-5-7-8-23-11-16-26(17-12-23)27-18-13-24(14-19-27)9-10-25-15-20-29(28(30)22-25)31-21-6-4-2/h13-15,18-20,22-23,26H,3-8,11-12,16-17,21H2,1-2H3. The van der Waals surface area contributed by atoms with Crippen molar-refractivity contribution < 1.29 is 9.13 Å². The molecule has 2 heteroatoms. The molecule has 0 aliphatic heterocycles. The first-order valence-electron chi connectivity index (χ1n) is 12.2. The first-order valence-corrected chi connectivity index (χ1v) is 12.2. The minimum atomic E-state index is -0.344. The quantitative estimate of drug-likeness (QED) is 0.293.